The molecule has 0 aliphatic rings. The first-order valence-corrected chi connectivity index (χ1v) is 6.78. The highest BCUT2D eigenvalue weighted by atomic mass is 32.1. The van der Waals surface area contributed by atoms with Gasteiger partial charge in [-0.3, -0.25) is 0 Å². The van der Waals surface area contributed by atoms with Crippen LogP contribution in [0.25, 0.3) is 0 Å². The van der Waals surface area contributed by atoms with Crippen LogP contribution in [0.2, 0.25) is 0 Å². The third-order valence-electron chi connectivity index (χ3n) is 3.14. The molecule has 0 spiro atoms. The molecule has 0 aliphatic heterocycles. The summed E-state index contributed by atoms with van der Waals surface area (Å²) in [5, 5.41) is 15.6. The number of thiophene rings is 1. The van der Waals surface area contributed by atoms with E-state index in [1.54, 1.807) is 11.3 Å². The molecule has 0 aliphatic carbocycles. The molecule has 1 heterocycles. The predicted octanol–water partition coefficient (Wildman–Crippen LogP) is 2.68. The van der Waals surface area contributed by atoms with Gasteiger partial charge in [-0.05, 0) is 37.6 Å². The molecule has 1 aromatic rings. The molecule has 0 saturated carbocycles. The van der Waals surface area contributed by atoms with Crippen LogP contribution in [0.3, 0.4) is 0 Å². The third-order valence-corrected chi connectivity index (χ3v) is 4.04. The fourth-order valence-electron chi connectivity index (χ4n) is 1.39. The first-order valence-electron chi connectivity index (χ1n) is 5.90. The molecule has 1 rings (SSSR count). The average molecular weight is 241 g/mol. The van der Waals surface area contributed by atoms with Gasteiger partial charge >= 0.3 is 0 Å². The number of nitrogens with one attached hydrogen (secondary N) is 1. The summed E-state index contributed by atoms with van der Waals surface area (Å²) in [6.45, 7) is 8.80. The van der Waals surface area contributed by atoms with Gasteiger partial charge in [0.2, 0.25) is 0 Å². The molecule has 2 atom stereocenters. The molecular weight excluding hydrogens is 218 g/mol. The summed E-state index contributed by atoms with van der Waals surface area (Å²) >= 11 is 1.79. The Hall–Kier alpha value is -0.380. The minimum absolute atomic E-state index is 0.272. The second-order valence-corrected chi connectivity index (χ2v) is 6.11. The van der Waals surface area contributed by atoms with Crippen molar-refractivity contribution in [3.63, 3.8) is 0 Å². The summed E-state index contributed by atoms with van der Waals surface area (Å²) < 4.78 is 0. The van der Waals surface area contributed by atoms with Crippen molar-refractivity contribution in [2.75, 3.05) is 6.54 Å². The third kappa shape index (κ3) is 4.24. The van der Waals surface area contributed by atoms with Gasteiger partial charge in [0.15, 0.2) is 0 Å². The minimum atomic E-state index is -0.621. The summed E-state index contributed by atoms with van der Waals surface area (Å²) in [5.74, 6) is 0.272. The molecule has 0 amide bonds. The summed E-state index contributed by atoms with van der Waals surface area (Å²) in [7, 11) is 0. The normalized spacial score (nSPS) is 17.4. The van der Waals surface area contributed by atoms with Gasteiger partial charge < -0.3 is 10.4 Å². The molecular formula is C13H23NOS. The number of rotatable bonds is 6. The van der Waals surface area contributed by atoms with Crippen LogP contribution in [0.1, 0.15) is 32.6 Å². The van der Waals surface area contributed by atoms with E-state index in [1.807, 2.05) is 20.8 Å². The largest absolute Gasteiger partial charge is 0.389 e. The van der Waals surface area contributed by atoms with E-state index in [0.717, 1.165) is 6.42 Å². The van der Waals surface area contributed by atoms with Crippen molar-refractivity contribution in [3.8, 4) is 0 Å². The van der Waals surface area contributed by atoms with Crippen LogP contribution in [-0.4, -0.2) is 23.3 Å². The summed E-state index contributed by atoms with van der Waals surface area (Å²) in [6, 6.07) is 4.64. The molecule has 0 fully saturated rings. The molecule has 0 saturated heterocycles. The maximum Gasteiger partial charge on any atom is 0.0766 e. The first kappa shape index (κ1) is 13.7. The Kier molecular flexibility index (Phi) is 4.96. The molecule has 1 aromatic heterocycles. The lowest BCUT2D eigenvalue weighted by Crippen LogP contribution is -2.45. The number of aliphatic hydroxyl groups is 1. The van der Waals surface area contributed by atoms with E-state index in [0.29, 0.717) is 12.6 Å². The minimum Gasteiger partial charge on any atom is -0.389 e. The van der Waals surface area contributed by atoms with E-state index in [1.165, 1.54) is 4.88 Å². The lowest BCUT2D eigenvalue weighted by atomic mass is 9.92. The number of hydrogen-bond acceptors (Lipinski definition) is 3. The molecule has 16 heavy (non-hydrogen) atoms. The molecule has 0 bridgehead atoms. The highest BCUT2D eigenvalue weighted by molar-refractivity contribution is 7.09. The predicted molar refractivity (Wildman–Crippen MR) is 70.9 cm³/mol. The van der Waals surface area contributed by atoms with E-state index in [2.05, 4.69) is 29.8 Å². The monoisotopic (exact) mass is 241 g/mol. The quantitative estimate of drug-likeness (QED) is 0.802. The fourth-order valence-corrected chi connectivity index (χ4v) is 2.22. The van der Waals surface area contributed by atoms with Gasteiger partial charge in [-0.25, -0.2) is 0 Å². The molecule has 0 aromatic carbocycles. The Morgan fingerprint density at radius 3 is 2.62 bits per heavy atom. The lowest BCUT2D eigenvalue weighted by molar-refractivity contribution is 0.0123. The molecule has 2 nitrogen and oxygen atoms in total. The van der Waals surface area contributed by atoms with Crippen LogP contribution in [-0.2, 0) is 6.42 Å². The van der Waals surface area contributed by atoms with E-state index < -0.39 is 5.60 Å². The van der Waals surface area contributed by atoms with Crippen molar-refractivity contribution >= 4 is 11.3 Å². The van der Waals surface area contributed by atoms with E-state index in [4.69, 9.17) is 0 Å². The van der Waals surface area contributed by atoms with Crippen molar-refractivity contribution in [1.29, 1.82) is 0 Å². The van der Waals surface area contributed by atoms with Crippen molar-refractivity contribution in [2.24, 2.45) is 5.92 Å². The van der Waals surface area contributed by atoms with Gasteiger partial charge in [-0.2, -0.15) is 0 Å². The van der Waals surface area contributed by atoms with Gasteiger partial charge in [0.25, 0.3) is 0 Å². The standard InChI is InChI=1S/C13H23NOS/c1-10(2)13(4,15)9-14-11(3)8-12-6-5-7-16-12/h5-7,10-11,14-15H,8-9H2,1-4H3. The van der Waals surface area contributed by atoms with Crippen LogP contribution in [0, 0.1) is 5.92 Å². The van der Waals surface area contributed by atoms with Gasteiger partial charge in [0, 0.05) is 17.5 Å². The van der Waals surface area contributed by atoms with Crippen LogP contribution in [0.15, 0.2) is 17.5 Å². The molecule has 3 heteroatoms. The molecule has 0 radical (unpaired) electrons. The van der Waals surface area contributed by atoms with Gasteiger partial charge in [0.05, 0.1) is 5.60 Å². The van der Waals surface area contributed by atoms with E-state index >= 15 is 0 Å². The molecule has 92 valence electrons. The van der Waals surface area contributed by atoms with Crippen molar-refractivity contribution in [3.05, 3.63) is 22.4 Å². The topological polar surface area (TPSA) is 32.3 Å². The maximum absolute atomic E-state index is 10.1. The van der Waals surface area contributed by atoms with Crippen LogP contribution in [0.4, 0.5) is 0 Å². The maximum atomic E-state index is 10.1. The van der Waals surface area contributed by atoms with Crippen LogP contribution >= 0.6 is 11.3 Å². The van der Waals surface area contributed by atoms with E-state index in [-0.39, 0.29) is 5.92 Å². The van der Waals surface area contributed by atoms with Gasteiger partial charge in [-0.15, -0.1) is 11.3 Å². The molecule has 2 unspecified atom stereocenters. The highest BCUT2D eigenvalue weighted by Gasteiger charge is 2.24. The van der Waals surface area contributed by atoms with Gasteiger partial charge in [0.1, 0.15) is 0 Å². The van der Waals surface area contributed by atoms with Crippen molar-refractivity contribution in [2.45, 2.75) is 45.8 Å². The Balaban J connectivity index is 2.33. The zero-order chi connectivity index (χ0) is 12.2. The van der Waals surface area contributed by atoms with Crippen molar-refractivity contribution in [1.82, 2.24) is 5.32 Å². The molecule has 2 N–H and O–H groups in total. The second kappa shape index (κ2) is 5.80. The Morgan fingerprint density at radius 2 is 2.12 bits per heavy atom. The Labute approximate surface area is 103 Å². The Morgan fingerprint density at radius 1 is 1.44 bits per heavy atom. The van der Waals surface area contributed by atoms with Crippen molar-refractivity contribution < 1.29 is 5.11 Å². The zero-order valence-electron chi connectivity index (χ0n) is 10.7. The Bertz CT molecular complexity index is 293. The highest BCUT2D eigenvalue weighted by Crippen LogP contribution is 2.16. The summed E-state index contributed by atoms with van der Waals surface area (Å²) in [4.78, 5) is 1.39. The SMILES string of the molecule is CC(Cc1cccs1)NCC(C)(O)C(C)C. The summed E-state index contributed by atoms with van der Waals surface area (Å²) in [5.41, 5.74) is -0.621. The average Bonchev–Trinajstić information content (AvgIpc) is 2.67. The lowest BCUT2D eigenvalue weighted by Gasteiger charge is -2.29. The summed E-state index contributed by atoms with van der Waals surface area (Å²) in [6.07, 6.45) is 1.03. The van der Waals surface area contributed by atoms with E-state index in [9.17, 15) is 5.11 Å². The smallest absolute Gasteiger partial charge is 0.0766 e. The fraction of sp³-hybridized carbons (Fsp3) is 0.692. The second-order valence-electron chi connectivity index (χ2n) is 5.08. The van der Waals surface area contributed by atoms with Crippen LogP contribution < -0.4 is 5.32 Å². The van der Waals surface area contributed by atoms with Crippen LogP contribution in [0.5, 0.6) is 0 Å². The number of hydrogen-bond donors (Lipinski definition) is 2. The zero-order valence-corrected chi connectivity index (χ0v) is 11.5. The van der Waals surface area contributed by atoms with Gasteiger partial charge in [-0.1, -0.05) is 19.9 Å². The first-order chi connectivity index (χ1) is 7.42.